The van der Waals surface area contributed by atoms with Crippen molar-refractivity contribution in [3.05, 3.63) is 46.1 Å². The van der Waals surface area contributed by atoms with Crippen molar-refractivity contribution in [2.45, 2.75) is 32.5 Å². The van der Waals surface area contributed by atoms with E-state index in [1.165, 1.54) is 18.4 Å². The Morgan fingerprint density at radius 2 is 2.07 bits per heavy atom. The lowest BCUT2D eigenvalue weighted by molar-refractivity contribution is -0.141. The summed E-state index contributed by atoms with van der Waals surface area (Å²) in [5, 5.41) is 15.4. The van der Waals surface area contributed by atoms with Crippen LogP contribution in [0.5, 0.6) is 5.75 Å². The number of benzene rings is 1. The SMILES string of the molecule is Cc1cc(OCc2cc(C(F)(F)F)nn2C)cc2scc(C(C)C(=O)O)c12. The number of aliphatic carboxylic acids is 1. The topological polar surface area (TPSA) is 64.4 Å². The standard InChI is InChI=1S/C18H17F3N2O3S/c1-9-4-12(6-14-16(9)13(8-27-14)10(2)17(24)25)26-7-11-5-15(18(19,20)21)22-23(11)3/h4-6,8,10H,7H2,1-3H3,(H,24,25). The minimum absolute atomic E-state index is 0.0612. The molecule has 27 heavy (non-hydrogen) atoms. The second-order valence-electron chi connectivity index (χ2n) is 6.30. The molecule has 9 heteroatoms. The van der Waals surface area contributed by atoms with Gasteiger partial charge in [0.05, 0.1) is 11.6 Å². The molecule has 144 valence electrons. The number of aromatic nitrogens is 2. The smallest absolute Gasteiger partial charge is 0.435 e. The number of ether oxygens (including phenoxy) is 1. The molecule has 3 aromatic rings. The molecule has 1 N–H and O–H groups in total. The molecule has 0 aliphatic heterocycles. The highest BCUT2D eigenvalue weighted by molar-refractivity contribution is 7.17. The molecule has 2 heterocycles. The van der Waals surface area contributed by atoms with Gasteiger partial charge in [0.15, 0.2) is 5.69 Å². The molecule has 0 aliphatic carbocycles. The highest BCUT2D eigenvalue weighted by Crippen LogP contribution is 2.37. The summed E-state index contributed by atoms with van der Waals surface area (Å²) in [7, 11) is 1.43. The Morgan fingerprint density at radius 3 is 2.67 bits per heavy atom. The van der Waals surface area contributed by atoms with Gasteiger partial charge in [-0.25, -0.2) is 0 Å². The molecule has 0 radical (unpaired) electrons. The van der Waals surface area contributed by atoms with Crippen molar-refractivity contribution >= 4 is 27.4 Å². The summed E-state index contributed by atoms with van der Waals surface area (Å²) in [5.74, 6) is -1.02. The number of hydrogen-bond donors (Lipinski definition) is 1. The van der Waals surface area contributed by atoms with Crippen LogP contribution in [0, 0.1) is 6.92 Å². The molecule has 0 amide bonds. The number of hydrogen-bond acceptors (Lipinski definition) is 4. The normalized spacial score (nSPS) is 13.1. The third kappa shape index (κ3) is 3.78. The van der Waals surface area contributed by atoms with Crippen molar-refractivity contribution in [1.29, 1.82) is 0 Å². The zero-order valence-electron chi connectivity index (χ0n) is 14.8. The van der Waals surface area contributed by atoms with Gasteiger partial charge in [-0.05, 0) is 53.9 Å². The molecule has 1 aromatic carbocycles. The number of alkyl halides is 3. The van der Waals surface area contributed by atoms with Crippen LogP contribution >= 0.6 is 11.3 Å². The molecule has 1 unspecified atom stereocenters. The molecule has 0 aliphatic rings. The number of carbonyl (C=O) groups is 1. The molecule has 1 atom stereocenters. The maximum atomic E-state index is 12.7. The number of fused-ring (bicyclic) bond motifs is 1. The lowest BCUT2D eigenvalue weighted by atomic mass is 9.98. The number of nitrogens with zero attached hydrogens (tertiary/aromatic N) is 2. The molecular formula is C18H17F3N2O3S. The molecule has 5 nitrogen and oxygen atoms in total. The van der Waals surface area contributed by atoms with Gasteiger partial charge in [-0.2, -0.15) is 18.3 Å². The molecule has 0 fully saturated rings. The third-order valence-corrected chi connectivity index (χ3v) is 5.31. The Labute approximate surface area is 157 Å². The molecule has 2 aromatic heterocycles. The largest absolute Gasteiger partial charge is 0.487 e. The van der Waals surface area contributed by atoms with Crippen LogP contribution in [-0.2, 0) is 24.6 Å². The summed E-state index contributed by atoms with van der Waals surface area (Å²) in [4.78, 5) is 11.3. The molecule has 0 saturated carbocycles. The first-order chi connectivity index (χ1) is 12.6. The van der Waals surface area contributed by atoms with Gasteiger partial charge in [-0.15, -0.1) is 11.3 Å². The van der Waals surface area contributed by atoms with Crippen LogP contribution in [0.2, 0.25) is 0 Å². The van der Waals surface area contributed by atoms with E-state index < -0.39 is 23.8 Å². The Hall–Kier alpha value is -2.55. The van der Waals surface area contributed by atoms with Crippen molar-refractivity contribution in [3.63, 3.8) is 0 Å². The maximum Gasteiger partial charge on any atom is 0.435 e. The highest BCUT2D eigenvalue weighted by atomic mass is 32.1. The zero-order valence-corrected chi connectivity index (χ0v) is 15.6. The number of thiophene rings is 1. The van der Waals surface area contributed by atoms with Gasteiger partial charge in [-0.1, -0.05) is 0 Å². The van der Waals surface area contributed by atoms with Crippen molar-refractivity contribution in [3.8, 4) is 5.75 Å². The van der Waals surface area contributed by atoms with Gasteiger partial charge in [-0.3, -0.25) is 9.48 Å². The first kappa shape index (κ1) is 19.2. The van der Waals surface area contributed by atoms with E-state index >= 15 is 0 Å². The van der Waals surface area contributed by atoms with Crippen LogP contribution in [-0.4, -0.2) is 20.9 Å². The van der Waals surface area contributed by atoms with Crippen molar-refractivity contribution in [1.82, 2.24) is 9.78 Å². The van der Waals surface area contributed by atoms with Crippen molar-refractivity contribution in [2.24, 2.45) is 7.05 Å². The van der Waals surface area contributed by atoms with Gasteiger partial charge in [0, 0.05) is 11.7 Å². The van der Waals surface area contributed by atoms with Crippen LogP contribution in [0.25, 0.3) is 10.1 Å². The van der Waals surface area contributed by atoms with E-state index in [1.54, 1.807) is 19.1 Å². The summed E-state index contributed by atoms with van der Waals surface area (Å²) < 4.78 is 45.9. The molecular weight excluding hydrogens is 381 g/mol. The van der Waals surface area contributed by atoms with Crippen molar-refractivity contribution < 1.29 is 27.8 Å². The Morgan fingerprint density at radius 1 is 1.37 bits per heavy atom. The maximum absolute atomic E-state index is 12.7. The first-order valence-electron chi connectivity index (χ1n) is 8.05. The Kier molecular flexibility index (Phi) is 4.90. The van der Waals surface area contributed by atoms with E-state index in [9.17, 15) is 23.1 Å². The van der Waals surface area contributed by atoms with Gasteiger partial charge >= 0.3 is 12.1 Å². The van der Waals surface area contributed by atoms with Gasteiger partial charge in [0.25, 0.3) is 0 Å². The number of carboxylic acid groups (broad SMARTS) is 1. The average Bonchev–Trinajstić information content (AvgIpc) is 3.15. The quantitative estimate of drug-likeness (QED) is 0.675. The fourth-order valence-electron chi connectivity index (χ4n) is 2.84. The summed E-state index contributed by atoms with van der Waals surface area (Å²) >= 11 is 1.41. The third-order valence-electron chi connectivity index (χ3n) is 4.37. The van der Waals surface area contributed by atoms with Crippen molar-refractivity contribution in [2.75, 3.05) is 0 Å². The summed E-state index contributed by atoms with van der Waals surface area (Å²) in [6.45, 7) is 3.43. The molecule has 3 rings (SSSR count). The van der Waals surface area contributed by atoms with E-state index in [0.29, 0.717) is 11.4 Å². The predicted octanol–water partition coefficient (Wildman–Crippen LogP) is 4.73. The minimum atomic E-state index is -4.50. The molecule has 0 bridgehead atoms. The van der Waals surface area contributed by atoms with Crippen LogP contribution in [0.4, 0.5) is 13.2 Å². The highest BCUT2D eigenvalue weighted by Gasteiger charge is 2.34. The van der Waals surface area contributed by atoms with Crippen LogP contribution in [0.3, 0.4) is 0 Å². The Bertz CT molecular complexity index is 1010. The van der Waals surface area contributed by atoms with Gasteiger partial charge < -0.3 is 9.84 Å². The van der Waals surface area contributed by atoms with Gasteiger partial charge in [0.2, 0.25) is 0 Å². The summed E-state index contributed by atoms with van der Waals surface area (Å²) in [6, 6.07) is 4.49. The van der Waals surface area contributed by atoms with E-state index in [-0.39, 0.29) is 6.61 Å². The second-order valence-corrected chi connectivity index (χ2v) is 7.21. The number of carboxylic acids is 1. The number of halogens is 3. The monoisotopic (exact) mass is 398 g/mol. The zero-order chi connectivity index (χ0) is 19.9. The van der Waals surface area contributed by atoms with Crippen LogP contribution in [0.1, 0.15) is 35.4 Å². The fourth-order valence-corrected chi connectivity index (χ4v) is 4.00. The number of aryl methyl sites for hydroxylation is 2. The van der Waals surface area contributed by atoms with E-state index in [1.807, 2.05) is 12.3 Å². The summed E-state index contributed by atoms with van der Waals surface area (Å²) in [6.07, 6.45) is -4.50. The predicted molar refractivity (Wildman–Crippen MR) is 95.2 cm³/mol. The lowest BCUT2D eigenvalue weighted by Crippen LogP contribution is -2.07. The van der Waals surface area contributed by atoms with Gasteiger partial charge in [0.1, 0.15) is 12.4 Å². The van der Waals surface area contributed by atoms with E-state index in [4.69, 9.17) is 4.74 Å². The summed E-state index contributed by atoms with van der Waals surface area (Å²) in [5.41, 5.74) is 0.938. The fraction of sp³-hybridized carbons (Fsp3) is 0.333. The average molecular weight is 398 g/mol. The first-order valence-corrected chi connectivity index (χ1v) is 8.93. The minimum Gasteiger partial charge on any atom is -0.487 e. The van der Waals surface area contributed by atoms with Crippen LogP contribution < -0.4 is 4.74 Å². The van der Waals surface area contributed by atoms with Crippen LogP contribution in [0.15, 0.2) is 23.6 Å². The second kappa shape index (κ2) is 6.88. The van der Waals surface area contributed by atoms with E-state index in [2.05, 4.69) is 5.10 Å². The van der Waals surface area contributed by atoms with E-state index in [0.717, 1.165) is 32.0 Å². The number of rotatable bonds is 5. The molecule has 0 saturated heterocycles. The molecule has 0 spiro atoms. The lowest BCUT2D eigenvalue weighted by Gasteiger charge is -2.10. The Balaban J connectivity index is 1.85.